The van der Waals surface area contributed by atoms with Crippen LogP contribution in [-0.2, 0) is 6.42 Å². The lowest BCUT2D eigenvalue weighted by Gasteiger charge is -2.03. The Morgan fingerprint density at radius 1 is 1.50 bits per heavy atom. The first-order valence-corrected chi connectivity index (χ1v) is 4.98. The van der Waals surface area contributed by atoms with Gasteiger partial charge in [-0.25, -0.2) is 9.18 Å². The number of ether oxygens (including phenoxy) is 1. The number of rotatable bonds is 4. The van der Waals surface area contributed by atoms with Crippen LogP contribution in [0.3, 0.4) is 0 Å². The summed E-state index contributed by atoms with van der Waals surface area (Å²) in [6.45, 7) is 0. The van der Waals surface area contributed by atoms with Crippen LogP contribution in [0.15, 0.2) is 22.6 Å². The fourth-order valence-corrected chi connectivity index (χ4v) is 1.41. The highest BCUT2D eigenvalue weighted by Gasteiger charge is 2.13. The summed E-state index contributed by atoms with van der Waals surface area (Å²) in [5, 5.41) is 15.5. The summed E-state index contributed by atoms with van der Waals surface area (Å²) in [5.41, 5.74) is 0.578. The third kappa shape index (κ3) is 2.45. The lowest BCUT2D eigenvalue weighted by molar-refractivity contribution is 0.0651. The average molecular weight is 252 g/mol. The molecule has 0 aliphatic carbocycles. The van der Waals surface area contributed by atoms with Crippen molar-refractivity contribution in [2.24, 2.45) is 0 Å². The van der Waals surface area contributed by atoms with E-state index in [1.165, 1.54) is 19.2 Å². The molecule has 0 unspecified atom stereocenters. The Bertz CT molecular complexity index is 582. The van der Waals surface area contributed by atoms with Crippen molar-refractivity contribution in [2.75, 3.05) is 7.11 Å². The number of benzene rings is 1. The largest absolute Gasteiger partial charge is 0.494 e. The van der Waals surface area contributed by atoms with Gasteiger partial charge >= 0.3 is 11.9 Å². The van der Waals surface area contributed by atoms with Gasteiger partial charge in [-0.3, -0.25) is 0 Å². The molecule has 0 spiro atoms. The topological polar surface area (TPSA) is 85.5 Å². The quantitative estimate of drug-likeness (QED) is 0.887. The second kappa shape index (κ2) is 4.82. The van der Waals surface area contributed by atoms with E-state index < -0.39 is 17.7 Å². The van der Waals surface area contributed by atoms with Gasteiger partial charge in [0.05, 0.1) is 13.5 Å². The Labute approximate surface area is 101 Å². The Balaban J connectivity index is 2.18. The van der Waals surface area contributed by atoms with Crippen LogP contribution >= 0.6 is 0 Å². The van der Waals surface area contributed by atoms with E-state index in [9.17, 15) is 9.18 Å². The Hall–Kier alpha value is -2.44. The molecule has 6 nitrogen and oxygen atoms in total. The van der Waals surface area contributed by atoms with Crippen molar-refractivity contribution in [1.29, 1.82) is 0 Å². The van der Waals surface area contributed by atoms with Crippen LogP contribution in [0.25, 0.3) is 0 Å². The maximum absolute atomic E-state index is 13.4. The van der Waals surface area contributed by atoms with Gasteiger partial charge in [0.25, 0.3) is 0 Å². The third-order valence-corrected chi connectivity index (χ3v) is 2.22. The van der Waals surface area contributed by atoms with Crippen LogP contribution in [0.5, 0.6) is 5.75 Å². The molecule has 18 heavy (non-hydrogen) atoms. The minimum absolute atomic E-state index is 0.108. The fraction of sp³-hybridized carbons (Fsp3) is 0.182. The molecule has 1 aromatic heterocycles. The molecule has 1 aromatic carbocycles. The predicted molar refractivity (Wildman–Crippen MR) is 57.0 cm³/mol. The number of carbonyl (C=O) groups is 1. The maximum atomic E-state index is 13.4. The summed E-state index contributed by atoms with van der Waals surface area (Å²) in [6.07, 6.45) is 0.154. The first-order valence-electron chi connectivity index (χ1n) is 4.98. The SMILES string of the molecule is COc1ccc(Cc2nnc(C(=O)O)o2)cc1F. The Kier molecular flexibility index (Phi) is 3.22. The highest BCUT2D eigenvalue weighted by atomic mass is 19.1. The van der Waals surface area contributed by atoms with Crippen molar-refractivity contribution in [1.82, 2.24) is 10.2 Å². The van der Waals surface area contributed by atoms with Gasteiger partial charge in [-0.2, -0.15) is 0 Å². The number of halogens is 1. The number of carboxylic acids is 1. The van der Waals surface area contributed by atoms with Gasteiger partial charge in [-0.1, -0.05) is 6.07 Å². The molecule has 0 fully saturated rings. The molecule has 0 atom stereocenters. The molecule has 0 aliphatic heterocycles. The van der Waals surface area contributed by atoms with Gasteiger partial charge in [0.15, 0.2) is 11.6 Å². The first kappa shape index (κ1) is 12.0. The summed E-state index contributed by atoms with van der Waals surface area (Å²) in [5.74, 6) is -2.05. The van der Waals surface area contributed by atoms with Crippen LogP contribution < -0.4 is 4.74 Å². The molecule has 0 radical (unpaired) electrons. The van der Waals surface area contributed by atoms with Crippen molar-refractivity contribution >= 4 is 5.97 Å². The molecule has 0 saturated carbocycles. The van der Waals surface area contributed by atoms with Gasteiger partial charge in [-0.15, -0.1) is 10.2 Å². The van der Waals surface area contributed by atoms with Crippen molar-refractivity contribution in [3.05, 3.63) is 41.4 Å². The number of aromatic nitrogens is 2. The second-order valence-corrected chi connectivity index (χ2v) is 3.45. The first-order chi connectivity index (χ1) is 8.60. The lowest BCUT2D eigenvalue weighted by atomic mass is 10.1. The van der Waals surface area contributed by atoms with E-state index in [0.717, 1.165) is 0 Å². The van der Waals surface area contributed by atoms with E-state index in [2.05, 4.69) is 10.2 Å². The zero-order valence-corrected chi connectivity index (χ0v) is 9.38. The molecule has 0 aliphatic rings. The molecule has 0 saturated heterocycles. The van der Waals surface area contributed by atoms with E-state index >= 15 is 0 Å². The van der Waals surface area contributed by atoms with Gasteiger partial charge in [0, 0.05) is 0 Å². The predicted octanol–water partition coefficient (Wildman–Crippen LogP) is 1.51. The van der Waals surface area contributed by atoms with Crippen molar-refractivity contribution in [2.45, 2.75) is 6.42 Å². The second-order valence-electron chi connectivity index (χ2n) is 3.45. The van der Waals surface area contributed by atoms with Crippen LogP contribution in [-0.4, -0.2) is 28.4 Å². The summed E-state index contributed by atoms with van der Waals surface area (Å²) < 4.78 is 23.1. The van der Waals surface area contributed by atoms with E-state index in [0.29, 0.717) is 5.56 Å². The number of nitrogens with zero attached hydrogens (tertiary/aromatic N) is 2. The highest BCUT2D eigenvalue weighted by Crippen LogP contribution is 2.19. The molecule has 0 amide bonds. The number of aromatic carboxylic acids is 1. The van der Waals surface area contributed by atoms with E-state index in [1.54, 1.807) is 6.07 Å². The van der Waals surface area contributed by atoms with Crippen molar-refractivity contribution < 1.29 is 23.4 Å². The van der Waals surface area contributed by atoms with Crippen LogP contribution in [0.2, 0.25) is 0 Å². The van der Waals surface area contributed by atoms with E-state index in [-0.39, 0.29) is 18.1 Å². The number of carboxylic acid groups (broad SMARTS) is 1. The molecular formula is C11H9FN2O4. The van der Waals surface area contributed by atoms with Crippen LogP contribution in [0, 0.1) is 5.82 Å². The minimum Gasteiger partial charge on any atom is -0.494 e. The smallest absolute Gasteiger partial charge is 0.393 e. The molecular weight excluding hydrogens is 243 g/mol. The summed E-state index contributed by atoms with van der Waals surface area (Å²) in [4.78, 5) is 10.5. The monoisotopic (exact) mass is 252 g/mol. The Morgan fingerprint density at radius 2 is 2.28 bits per heavy atom. The number of hydrogen-bond donors (Lipinski definition) is 1. The van der Waals surface area contributed by atoms with Crippen LogP contribution in [0.1, 0.15) is 22.1 Å². The highest BCUT2D eigenvalue weighted by molar-refractivity contribution is 5.81. The van der Waals surface area contributed by atoms with Gasteiger partial charge in [-0.05, 0) is 17.7 Å². The molecule has 0 bridgehead atoms. The standard InChI is InChI=1S/C11H9FN2O4/c1-17-8-3-2-6(4-7(8)12)5-9-13-14-10(18-9)11(15)16/h2-4H,5H2,1H3,(H,15,16). The van der Waals surface area contributed by atoms with Gasteiger partial charge in [0.1, 0.15) is 0 Å². The van der Waals surface area contributed by atoms with Gasteiger partial charge < -0.3 is 14.3 Å². The average Bonchev–Trinajstić information content (AvgIpc) is 2.78. The molecule has 1 heterocycles. The molecule has 94 valence electrons. The molecule has 7 heteroatoms. The minimum atomic E-state index is -1.30. The molecule has 2 aromatic rings. The zero-order valence-electron chi connectivity index (χ0n) is 9.38. The number of methoxy groups -OCH3 is 1. The van der Waals surface area contributed by atoms with E-state index in [4.69, 9.17) is 14.3 Å². The third-order valence-electron chi connectivity index (χ3n) is 2.22. The maximum Gasteiger partial charge on any atom is 0.393 e. The molecule has 1 N–H and O–H groups in total. The van der Waals surface area contributed by atoms with Crippen molar-refractivity contribution in [3.8, 4) is 5.75 Å². The normalized spacial score (nSPS) is 10.3. The Morgan fingerprint density at radius 3 is 2.83 bits per heavy atom. The van der Waals surface area contributed by atoms with Crippen LogP contribution in [0.4, 0.5) is 4.39 Å². The van der Waals surface area contributed by atoms with E-state index in [1.807, 2.05) is 0 Å². The summed E-state index contributed by atoms with van der Waals surface area (Å²) in [6, 6.07) is 4.37. The van der Waals surface area contributed by atoms with Gasteiger partial charge in [0.2, 0.25) is 5.89 Å². The molecule has 2 rings (SSSR count). The lowest BCUT2D eigenvalue weighted by Crippen LogP contribution is -1.95. The number of hydrogen-bond acceptors (Lipinski definition) is 5. The zero-order chi connectivity index (χ0) is 13.1. The van der Waals surface area contributed by atoms with Crippen molar-refractivity contribution in [3.63, 3.8) is 0 Å². The summed E-state index contributed by atoms with van der Waals surface area (Å²) >= 11 is 0. The summed E-state index contributed by atoms with van der Waals surface area (Å²) in [7, 11) is 1.37. The fourth-order valence-electron chi connectivity index (χ4n) is 1.41.